The van der Waals surface area contributed by atoms with E-state index < -0.39 is 0 Å². The van der Waals surface area contributed by atoms with Crippen molar-refractivity contribution in [2.24, 2.45) is 0 Å². The highest BCUT2D eigenvalue weighted by Crippen LogP contribution is 2.28. The molecular formula is C25H31ClN6O3. The molecule has 2 heterocycles. The minimum atomic E-state index is -0.0547. The molecule has 0 bridgehead atoms. The van der Waals surface area contributed by atoms with Crippen LogP contribution >= 0.6 is 11.6 Å². The zero-order valence-electron chi connectivity index (χ0n) is 20.1. The van der Waals surface area contributed by atoms with E-state index >= 15 is 0 Å². The summed E-state index contributed by atoms with van der Waals surface area (Å²) in [7, 11) is 3.29. The predicted octanol–water partition coefficient (Wildman–Crippen LogP) is 3.30. The zero-order chi connectivity index (χ0) is 24.6. The molecule has 0 spiro atoms. The third-order valence-corrected chi connectivity index (χ3v) is 6.63. The number of nitrogens with one attached hydrogen (secondary N) is 1. The van der Waals surface area contributed by atoms with Crippen molar-refractivity contribution in [3.63, 3.8) is 0 Å². The van der Waals surface area contributed by atoms with Gasteiger partial charge in [0.2, 0.25) is 5.91 Å². The van der Waals surface area contributed by atoms with Gasteiger partial charge in [-0.15, -0.1) is 5.10 Å². The molecule has 1 fully saturated rings. The second-order valence-corrected chi connectivity index (χ2v) is 9.23. The van der Waals surface area contributed by atoms with Crippen LogP contribution in [-0.4, -0.2) is 64.4 Å². The Morgan fingerprint density at radius 3 is 2.51 bits per heavy atom. The van der Waals surface area contributed by atoms with Crippen LogP contribution in [0.4, 0.5) is 0 Å². The molecule has 0 aliphatic carbocycles. The quantitative estimate of drug-likeness (QED) is 0.458. The van der Waals surface area contributed by atoms with Crippen LogP contribution in [0.3, 0.4) is 0 Å². The third kappa shape index (κ3) is 6.93. The molecule has 2 aromatic carbocycles. The highest BCUT2D eigenvalue weighted by Gasteiger charge is 2.23. The number of ether oxygens (including phenoxy) is 2. The number of amides is 1. The molecular weight excluding hydrogens is 468 g/mol. The number of carbonyl (C=O) groups excluding carboxylic acids is 1. The number of carbonyl (C=O) groups is 1. The molecule has 9 nitrogen and oxygen atoms in total. The van der Waals surface area contributed by atoms with Gasteiger partial charge in [0.25, 0.3) is 0 Å². The number of rotatable bonds is 10. The average Bonchev–Trinajstić information content (AvgIpc) is 3.38. The number of likely N-dealkylation sites (tertiary alicyclic amines) is 1. The van der Waals surface area contributed by atoms with E-state index in [4.69, 9.17) is 21.1 Å². The molecule has 1 N–H and O–H groups in total. The van der Waals surface area contributed by atoms with Crippen molar-refractivity contribution in [2.75, 3.05) is 27.3 Å². The van der Waals surface area contributed by atoms with E-state index in [9.17, 15) is 4.79 Å². The SMILES string of the molecule is COc1ccc(CN2CCC(NC(=O)C[C@H](Cn3cnnn3)c3ccc(Cl)cc3)CC2)cc1OC. The molecule has 35 heavy (non-hydrogen) atoms. The first-order chi connectivity index (χ1) is 17.0. The van der Waals surface area contributed by atoms with Crippen molar-refractivity contribution >= 4 is 17.5 Å². The fourth-order valence-corrected chi connectivity index (χ4v) is 4.62. The van der Waals surface area contributed by atoms with Crippen molar-refractivity contribution in [1.29, 1.82) is 0 Å². The number of aromatic nitrogens is 4. The number of piperidine rings is 1. The maximum absolute atomic E-state index is 13.0. The molecule has 186 valence electrons. The standard InChI is InChI=1S/C25H31ClN6O3/c1-34-23-8-3-18(13-24(23)35-2)15-31-11-9-22(10-12-31)28-25(33)14-20(16-32-17-27-29-30-32)19-4-6-21(26)7-5-19/h3-8,13,17,20,22H,9-12,14-16H2,1-2H3,(H,28,33)/t20-/m1/s1. The Balaban J connectivity index is 1.29. The molecule has 0 unspecified atom stereocenters. The van der Waals surface area contributed by atoms with E-state index in [-0.39, 0.29) is 17.9 Å². The fraction of sp³-hybridized carbons (Fsp3) is 0.440. The van der Waals surface area contributed by atoms with Gasteiger partial charge in [-0.1, -0.05) is 29.8 Å². The molecule has 1 saturated heterocycles. The van der Waals surface area contributed by atoms with Crippen LogP contribution in [0.15, 0.2) is 48.8 Å². The first kappa shape index (κ1) is 24.9. The lowest BCUT2D eigenvalue weighted by Gasteiger charge is -2.32. The van der Waals surface area contributed by atoms with Gasteiger partial charge in [-0.2, -0.15) is 0 Å². The summed E-state index contributed by atoms with van der Waals surface area (Å²) in [6, 6.07) is 13.8. The second kappa shape index (κ2) is 12.0. The molecule has 0 radical (unpaired) electrons. The number of hydrogen-bond donors (Lipinski definition) is 1. The highest BCUT2D eigenvalue weighted by atomic mass is 35.5. The Labute approximate surface area is 210 Å². The maximum atomic E-state index is 13.0. The fourth-order valence-electron chi connectivity index (χ4n) is 4.50. The van der Waals surface area contributed by atoms with Crippen LogP contribution in [0.1, 0.15) is 36.3 Å². The van der Waals surface area contributed by atoms with Crippen LogP contribution in [-0.2, 0) is 17.9 Å². The summed E-state index contributed by atoms with van der Waals surface area (Å²) in [5.74, 6) is 1.45. The molecule has 1 aliphatic rings. The van der Waals surface area contributed by atoms with E-state index in [0.29, 0.717) is 18.0 Å². The third-order valence-electron chi connectivity index (χ3n) is 6.38. The number of nitrogens with zero attached hydrogens (tertiary/aromatic N) is 5. The molecule has 3 aromatic rings. The normalized spacial score (nSPS) is 15.5. The summed E-state index contributed by atoms with van der Waals surface area (Å²) in [4.78, 5) is 15.4. The summed E-state index contributed by atoms with van der Waals surface area (Å²) >= 11 is 6.05. The van der Waals surface area contributed by atoms with Crippen molar-refractivity contribution in [2.45, 2.75) is 44.3 Å². The van der Waals surface area contributed by atoms with E-state index in [0.717, 1.165) is 49.5 Å². The van der Waals surface area contributed by atoms with Crippen molar-refractivity contribution in [3.05, 3.63) is 64.9 Å². The summed E-state index contributed by atoms with van der Waals surface area (Å²) in [6.45, 7) is 3.20. The predicted molar refractivity (Wildman–Crippen MR) is 133 cm³/mol. The number of halogens is 1. The van der Waals surface area contributed by atoms with E-state index in [1.165, 1.54) is 5.56 Å². The molecule has 10 heteroatoms. The van der Waals surface area contributed by atoms with E-state index in [1.54, 1.807) is 25.2 Å². The largest absolute Gasteiger partial charge is 0.493 e. The molecule has 4 rings (SSSR count). The number of methoxy groups -OCH3 is 2. The minimum absolute atomic E-state index is 0.0383. The zero-order valence-corrected chi connectivity index (χ0v) is 20.8. The van der Waals surface area contributed by atoms with Gasteiger partial charge >= 0.3 is 0 Å². The molecule has 1 atom stereocenters. The Kier molecular flexibility index (Phi) is 8.54. The second-order valence-electron chi connectivity index (χ2n) is 8.79. The van der Waals surface area contributed by atoms with Crippen LogP contribution in [0.25, 0.3) is 0 Å². The molecule has 1 aliphatic heterocycles. The lowest BCUT2D eigenvalue weighted by Crippen LogP contribution is -2.44. The van der Waals surface area contributed by atoms with Gasteiger partial charge in [-0.05, 0) is 58.7 Å². The monoisotopic (exact) mass is 498 g/mol. The molecule has 0 saturated carbocycles. The van der Waals surface area contributed by atoms with Crippen molar-refractivity contribution in [3.8, 4) is 11.5 Å². The van der Waals surface area contributed by atoms with Crippen LogP contribution < -0.4 is 14.8 Å². The van der Waals surface area contributed by atoms with Gasteiger partial charge in [0.05, 0.1) is 20.8 Å². The van der Waals surface area contributed by atoms with Gasteiger partial charge in [0.1, 0.15) is 6.33 Å². The lowest BCUT2D eigenvalue weighted by atomic mass is 9.94. The highest BCUT2D eigenvalue weighted by molar-refractivity contribution is 6.30. The summed E-state index contributed by atoms with van der Waals surface area (Å²) in [6.07, 6.45) is 3.75. The van der Waals surface area contributed by atoms with Crippen molar-refractivity contribution in [1.82, 2.24) is 30.4 Å². The first-order valence-electron chi connectivity index (χ1n) is 11.7. The summed E-state index contributed by atoms with van der Waals surface area (Å²) in [5.41, 5.74) is 2.21. The maximum Gasteiger partial charge on any atom is 0.220 e. The van der Waals surface area contributed by atoms with Crippen molar-refractivity contribution < 1.29 is 14.3 Å². The Morgan fingerprint density at radius 1 is 1.11 bits per heavy atom. The minimum Gasteiger partial charge on any atom is -0.493 e. The van der Waals surface area contributed by atoms with E-state index in [1.807, 2.05) is 36.4 Å². The van der Waals surface area contributed by atoms with Gasteiger partial charge in [-0.25, -0.2) is 4.68 Å². The Bertz CT molecular complexity index is 1090. The summed E-state index contributed by atoms with van der Waals surface area (Å²) < 4.78 is 12.4. The smallest absolute Gasteiger partial charge is 0.220 e. The van der Waals surface area contributed by atoms with Gasteiger partial charge in [-0.3, -0.25) is 9.69 Å². The van der Waals surface area contributed by atoms with Crippen LogP contribution in [0, 0.1) is 0 Å². The van der Waals surface area contributed by atoms with Gasteiger partial charge in [0.15, 0.2) is 11.5 Å². The Hall–Kier alpha value is -3.17. The summed E-state index contributed by atoms with van der Waals surface area (Å²) in [5, 5.41) is 15.3. The number of hydrogen-bond acceptors (Lipinski definition) is 7. The number of benzene rings is 2. The van der Waals surface area contributed by atoms with Crippen LogP contribution in [0.2, 0.25) is 5.02 Å². The lowest BCUT2D eigenvalue weighted by molar-refractivity contribution is -0.122. The van der Waals surface area contributed by atoms with E-state index in [2.05, 4.69) is 31.8 Å². The molecule has 1 aromatic heterocycles. The average molecular weight is 499 g/mol. The Morgan fingerprint density at radius 2 is 1.86 bits per heavy atom. The van der Waals surface area contributed by atoms with Crippen LogP contribution in [0.5, 0.6) is 11.5 Å². The molecule has 1 amide bonds. The first-order valence-corrected chi connectivity index (χ1v) is 12.1. The number of tetrazole rings is 1. The van der Waals surface area contributed by atoms with Gasteiger partial charge in [0, 0.05) is 43.0 Å². The van der Waals surface area contributed by atoms with Gasteiger partial charge < -0.3 is 14.8 Å². The topological polar surface area (TPSA) is 94.4 Å².